The van der Waals surface area contributed by atoms with Crippen molar-refractivity contribution in [3.05, 3.63) is 73.3 Å². The predicted octanol–water partition coefficient (Wildman–Crippen LogP) is 3.90. The van der Waals surface area contributed by atoms with Crippen LogP contribution in [0.3, 0.4) is 0 Å². The first-order valence-electron chi connectivity index (χ1n) is 8.53. The third-order valence-corrected chi connectivity index (χ3v) is 8.60. The van der Waals surface area contributed by atoms with Crippen molar-refractivity contribution in [2.45, 2.75) is 18.4 Å². The van der Waals surface area contributed by atoms with Gasteiger partial charge in [0.2, 0.25) is 0 Å². The molecule has 3 rings (SSSR count). The molecule has 0 aromatic heterocycles. The van der Waals surface area contributed by atoms with E-state index in [1.54, 1.807) is 0 Å². The molecule has 2 atom stereocenters. The number of hydrogen-bond acceptors (Lipinski definition) is 2. The molecule has 1 fully saturated rings. The Balaban J connectivity index is 1.93. The molecule has 3 heteroatoms. The van der Waals surface area contributed by atoms with E-state index in [0.29, 0.717) is 12.1 Å². The van der Waals surface area contributed by atoms with Gasteiger partial charge in [-0.05, 0) is 32.9 Å². The smallest absolute Gasteiger partial charge is 0.143 e. The molecule has 0 heterocycles. The van der Waals surface area contributed by atoms with Crippen molar-refractivity contribution in [2.75, 3.05) is 20.3 Å². The van der Waals surface area contributed by atoms with E-state index in [2.05, 4.69) is 31.7 Å². The van der Waals surface area contributed by atoms with Gasteiger partial charge in [0.05, 0.1) is 0 Å². The predicted molar refractivity (Wildman–Crippen MR) is 104 cm³/mol. The van der Waals surface area contributed by atoms with Gasteiger partial charge in [0.25, 0.3) is 0 Å². The Hall–Kier alpha value is -1.63. The van der Waals surface area contributed by atoms with Crippen LogP contribution in [0.4, 0.5) is 0 Å². The van der Waals surface area contributed by atoms with Gasteiger partial charge in [-0.15, -0.1) is 6.58 Å². The van der Waals surface area contributed by atoms with Crippen LogP contribution in [0.25, 0.3) is 0 Å². The summed E-state index contributed by atoms with van der Waals surface area (Å²) in [7, 11) is 1.63. The molecule has 1 aliphatic rings. The van der Waals surface area contributed by atoms with Crippen LogP contribution >= 0.6 is 7.14 Å². The normalized spacial score (nSPS) is 23.2. The molecular weight excluding hydrogens is 313 g/mol. The quantitative estimate of drug-likeness (QED) is 0.563. The highest BCUT2D eigenvalue weighted by atomic mass is 31.2. The molecule has 0 spiro atoms. The van der Waals surface area contributed by atoms with Crippen molar-refractivity contribution in [3.8, 4) is 0 Å². The fraction of sp³-hybridized carbons (Fsp3) is 0.333. The van der Waals surface area contributed by atoms with E-state index < -0.39 is 7.14 Å². The zero-order valence-corrected chi connectivity index (χ0v) is 15.5. The molecule has 0 bridgehead atoms. The van der Waals surface area contributed by atoms with Gasteiger partial charge >= 0.3 is 0 Å². The van der Waals surface area contributed by atoms with E-state index in [-0.39, 0.29) is 5.54 Å². The summed E-state index contributed by atoms with van der Waals surface area (Å²) in [5.74, 6) is 0.507. The standard InChI is InChI=1S/C21H26NOP/c1-4-18-17-21(18,22(2)3)15-16-24(23,19-11-7-5-8-12-19)20-13-9-6-10-14-20/h4-14,18H,1,15-17H2,2-3H3/t18-,21+/m0/s1. The fourth-order valence-electron chi connectivity index (χ4n) is 3.75. The Morgan fingerprint density at radius 2 is 1.58 bits per heavy atom. The minimum atomic E-state index is -2.62. The summed E-state index contributed by atoms with van der Waals surface area (Å²) in [4.78, 5) is 2.29. The van der Waals surface area contributed by atoms with E-state index in [9.17, 15) is 4.57 Å². The van der Waals surface area contributed by atoms with Crippen molar-refractivity contribution in [1.82, 2.24) is 4.90 Å². The molecule has 1 saturated carbocycles. The molecule has 0 unspecified atom stereocenters. The third-order valence-electron chi connectivity index (χ3n) is 5.48. The van der Waals surface area contributed by atoms with Crippen molar-refractivity contribution in [3.63, 3.8) is 0 Å². The van der Waals surface area contributed by atoms with Crippen LogP contribution in [-0.4, -0.2) is 30.7 Å². The van der Waals surface area contributed by atoms with Gasteiger partial charge < -0.3 is 9.46 Å². The second-order valence-electron chi connectivity index (χ2n) is 6.93. The summed E-state index contributed by atoms with van der Waals surface area (Å²) in [6, 6.07) is 19.9. The van der Waals surface area contributed by atoms with Gasteiger partial charge in [0.15, 0.2) is 0 Å². The molecule has 2 nitrogen and oxygen atoms in total. The second kappa shape index (κ2) is 6.70. The Bertz CT molecular complexity index is 697. The fourth-order valence-corrected chi connectivity index (χ4v) is 6.57. The summed E-state index contributed by atoms with van der Waals surface area (Å²) in [5, 5.41) is 1.92. The maximum absolute atomic E-state index is 14.1. The Morgan fingerprint density at radius 1 is 1.08 bits per heavy atom. The zero-order valence-electron chi connectivity index (χ0n) is 14.6. The highest BCUT2D eigenvalue weighted by molar-refractivity contribution is 7.78. The number of benzene rings is 2. The molecule has 2 aromatic rings. The van der Waals surface area contributed by atoms with E-state index in [1.807, 2.05) is 60.7 Å². The molecule has 2 aromatic carbocycles. The molecule has 1 aliphatic carbocycles. The molecule has 24 heavy (non-hydrogen) atoms. The highest BCUT2D eigenvalue weighted by Gasteiger charge is 2.54. The first-order chi connectivity index (χ1) is 11.5. The summed E-state index contributed by atoms with van der Waals surface area (Å²) in [5.41, 5.74) is 0.126. The monoisotopic (exact) mass is 339 g/mol. The lowest BCUT2D eigenvalue weighted by Gasteiger charge is -2.28. The topological polar surface area (TPSA) is 20.3 Å². The van der Waals surface area contributed by atoms with E-state index in [0.717, 1.165) is 23.5 Å². The van der Waals surface area contributed by atoms with Gasteiger partial charge in [0.1, 0.15) is 7.14 Å². The maximum atomic E-state index is 14.1. The summed E-state index contributed by atoms with van der Waals surface area (Å²) in [6.07, 6.45) is 4.80. The van der Waals surface area contributed by atoms with Crippen molar-refractivity contribution in [1.29, 1.82) is 0 Å². The van der Waals surface area contributed by atoms with Crippen LogP contribution < -0.4 is 10.6 Å². The molecule has 126 valence electrons. The maximum Gasteiger partial charge on any atom is 0.143 e. The van der Waals surface area contributed by atoms with Gasteiger partial charge in [-0.3, -0.25) is 0 Å². The van der Waals surface area contributed by atoms with Crippen molar-refractivity contribution in [2.24, 2.45) is 5.92 Å². The molecule has 0 saturated heterocycles. The number of nitrogens with zero attached hydrogens (tertiary/aromatic N) is 1. The Labute approximate surface area is 145 Å². The highest BCUT2D eigenvalue weighted by Crippen LogP contribution is 2.55. The SMILES string of the molecule is C=C[C@H]1C[C@@]1(CCP(=O)(c1ccccc1)c1ccccc1)N(C)C. The minimum absolute atomic E-state index is 0.126. The van der Waals surface area contributed by atoms with Crippen LogP contribution in [0.5, 0.6) is 0 Å². The molecule has 0 N–H and O–H groups in total. The molecular formula is C21H26NOP. The Kier molecular flexibility index (Phi) is 4.80. The molecule has 0 amide bonds. The van der Waals surface area contributed by atoms with Crippen LogP contribution in [0, 0.1) is 5.92 Å². The van der Waals surface area contributed by atoms with Gasteiger partial charge in [-0.2, -0.15) is 0 Å². The summed E-state index contributed by atoms with van der Waals surface area (Å²) >= 11 is 0. The van der Waals surface area contributed by atoms with E-state index in [4.69, 9.17) is 0 Å². The van der Waals surface area contributed by atoms with Gasteiger partial charge in [-0.1, -0.05) is 66.7 Å². The van der Waals surface area contributed by atoms with E-state index >= 15 is 0 Å². The molecule has 0 aliphatic heterocycles. The van der Waals surface area contributed by atoms with Crippen LogP contribution in [0.15, 0.2) is 73.3 Å². The zero-order chi connectivity index (χ0) is 17.2. The Morgan fingerprint density at radius 3 is 1.96 bits per heavy atom. The summed E-state index contributed by atoms with van der Waals surface area (Å²) in [6.45, 7) is 3.97. The van der Waals surface area contributed by atoms with Crippen LogP contribution in [0.1, 0.15) is 12.8 Å². The lowest BCUT2D eigenvalue weighted by Crippen LogP contribution is -2.34. The van der Waals surface area contributed by atoms with E-state index in [1.165, 1.54) is 0 Å². The first kappa shape index (κ1) is 17.2. The minimum Gasteiger partial charge on any atom is -0.314 e. The number of hydrogen-bond donors (Lipinski definition) is 0. The second-order valence-corrected chi connectivity index (χ2v) is 9.89. The average Bonchev–Trinajstić information content (AvgIpc) is 3.36. The lowest BCUT2D eigenvalue weighted by molar-refractivity contribution is 0.252. The van der Waals surface area contributed by atoms with Gasteiger partial charge in [0, 0.05) is 22.3 Å². The van der Waals surface area contributed by atoms with Gasteiger partial charge in [-0.25, -0.2) is 0 Å². The average molecular weight is 339 g/mol. The molecule has 0 radical (unpaired) electrons. The lowest BCUT2D eigenvalue weighted by atomic mass is 10.1. The summed E-state index contributed by atoms with van der Waals surface area (Å²) < 4.78 is 14.1. The van der Waals surface area contributed by atoms with Crippen LogP contribution in [-0.2, 0) is 4.57 Å². The van der Waals surface area contributed by atoms with Crippen LogP contribution in [0.2, 0.25) is 0 Å². The van der Waals surface area contributed by atoms with Crippen molar-refractivity contribution >= 4 is 17.8 Å². The van der Waals surface area contributed by atoms with Crippen molar-refractivity contribution < 1.29 is 4.57 Å². The third kappa shape index (κ3) is 3.01. The first-order valence-corrected chi connectivity index (χ1v) is 10.4. The number of rotatable bonds is 7. The largest absolute Gasteiger partial charge is 0.314 e.